The highest BCUT2D eigenvalue weighted by molar-refractivity contribution is 5.97. The number of hydrogen-bond acceptors (Lipinski definition) is 9. The Balaban J connectivity index is 1.15. The van der Waals surface area contributed by atoms with Gasteiger partial charge >= 0.3 is 0 Å². The monoisotopic (exact) mass is 1080 g/mol. The second kappa shape index (κ2) is 25.4. The molecule has 0 aromatic heterocycles. The van der Waals surface area contributed by atoms with Crippen molar-refractivity contribution in [2.75, 3.05) is 20.6 Å². The van der Waals surface area contributed by atoms with Crippen LogP contribution in [0.25, 0.3) is 0 Å². The summed E-state index contributed by atoms with van der Waals surface area (Å²) >= 11 is 0. The summed E-state index contributed by atoms with van der Waals surface area (Å²) in [4.78, 5) is 105. The maximum atomic E-state index is 15.5. The van der Waals surface area contributed by atoms with Crippen LogP contribution in [0.5, 0.6) is 0 Å². The molecule has 9 atom stereocenters. The molecule has 7 amide bonds. The van der Waals surface area contributed by atoms with Gasteiger partial charge in [-0.3, -0.25) is 33.6 Å². The van der Waals surface area contributed by atoms with Crippen LogP contribution in [0.1, 0.15) is 131 Å². The van der Waals surface area contributed by atoms with Gasteiger partial charge in [0, 0.05) is 43.7 Å². The van der Waals surface area contributed by atoms with Crippen LogP contribution in [0.2, 0.25) is 0 Å². The third-order valence-electron chi connectivity index (χ3n) is 16.0. The molecule has 1 saturated heterocycles. The van der Waals surface area contributed by atoms with E-state index in [0.717, 1.165) is 36.0 Å². The van der Waals surface area contributed by atoms with E-state index in [9.17, 15) is 28.8 Å². The topological polar surface area (TPSA) is 201 Å². The molecule has 79 heavy (non-hydrogen) atoms. The first-order chi connectivity index (χ1) is 37.4. The highest BCUT2D eigenvalue weighted by Crippen LogP contribution is 2.33. The molecular formula is C62H82FN9O7. The number of nitrogens with one attached hydrogen (secondary N) is 6. The van der Waals surface area contributed by atoms with Crippen molar-refractivity contribution < 1.29 is 38.0 Å². The molecule has 1 fully saturated rings. The molecule has 424 valence electrons. The van der Waals surface area contributed by atoms with E-state index in [1.54, 1.807) is 80.2 Å². The molecule has 0 bridgehead atoms. The van der Waals surface area contributed by atoms with Crippen molar-refractivity contribution in [1.29, 1.82) is 0 Å². The number of likely N-dealkylation sites (tertiary alicyclic amines) is 1. The van der Waals surface area contributed by atoms with Crippen molar-refractivity contribution in [3.8, 4) is 0 Å². The normalized spacial score (nSPS) is 20.1. The number of nitrogens with zero attached hydrogens (tertiary/aromatic N) is 3. The molecule has 4 aromatic carbocycles. The van der Waals surface area contributed by atoms with E-state index in [0.29, 0.717) is 16.7 Å². The van der Waals surface area contributed by atoms with E-state index in [4.69, 9.17) is 0 Å². The SMILES string of the molecule is CN[C@@H](C)C(=O)N[C@H](C(=O)N1C[C@@H](NC(=O)c2ccc(CN(C(=O)[C@@H]3Cc4ccccc4CN3C(=O)[C@@H](NC(=O)[C@H](C)NC)C(C)(C)C)[C@H](C)Cc3ccccc3F)cc2)C[C@H]1C(=O)N[C@@H]1CCCc2ccccc21)C(C)(C)C. The lowest BCUT2D eigenvalue weighted by atomic mass is 9.84. The third kappa shape index (κ3) is 14.3. The molecule has 6 N–H and O–H groups in total. The van der Waals surface area contributed by atoms with Gasteiger partial charge in [-0.15, -0.1) is 0 Å². The molecule has 2 aliphatic heterocycles. The van der Waals surface area contributed by atoms with Crippen molar-refractivity contribution in [2.24, 2.45) is 10.8 Å². The molecule has 3 aliphatic rings. The van der Waals surface area contributed by atoms with Crippen LogP contribution in [-0.4, -0.2) is 125 Å². The van der Waals surface area contributed by atoms with Crippen molar-refractivity contribution in [3.05, 3.63) is 142 Å². The number of halogens is 1. The van der Waals surface area contributed by atoms with Gasteiger partial charge in [-0.05, 0) is 129 Å². The van der Waals surface area contributed by atoms with Gasteiger partial charge in [0.1, 0.15) is 30.0 Å². The Labute approximate surface area is 465 Å². The van der Waals surface area contributed by atoms with E-state index in [2.05, 4.69) is 38.0 Å². The lowest BCUT2D eigenvalue weighted by Crippen LogP contribution is -2.62. The summed E-state index contributed by atoms with van der Waals surface area (Å²) in [6.07, 6.45) is 3.05. The largest absolute Gasteiger partial charge is 0.347 e. The molecule has 0 unspecified atom stereocenters. The van der Waals surface area contributed by atoms with Gasteiger partial charge < -0.3 is 46.6 Å². The molecule has 0 radical (unpaired) electrons. The number of benzene rings is 4. The van der Waals surface area contributed by atoms with Crippen LogP contribution in [0.15, 0.2) is 97.1 Å². The zero-order valence-corrected chi connectivity index (χ0v) is 47.9. The summed E-state index contributed by atoms with van der Waals surface area (Å²) in [6, 6.07) is 22.5. The van der Waals surface area contributed by atoms with Crippen molar-refractivity contribution in [1.82, 2.24) is 46.6 Å². The maximum Gasteiger partial charge on any atom is 0.251 e. The van der Waals surface area contributed by atoms with Crippen LogP contribution in [-0.2, 0) is 61.1 Å². The van der Waals surface area contributed by atoms with Crippen LogP contribution >= 0.6 is 0 Å². The fourth-order valence-electron chi connectivity index (χ4n) is 11.0. The van der Waals surface area contributed by atoms with Gasteiger partial charge in [-0.25, -0.2) is 4.39 Å². The van der Waals surface area contributed by atoms with Gasteiger partial charge in [-0.2, -0.15) is 0 Å². The molecule has 2 heterocycles. The predicted molar refractivity (Wildman–Crippen MR) is 302 cm³/mol. The van der Waals surface area contributed by atoms with Crippen molar-refractivity contribution in [3.63, 3.8) is 0 Å². The Morgan fingerprint density at radius 1 is 0.671 bits per heavy atom. The molecule has 16 nitrogen and oxygen atoms in total. The van der Waals surface area contributed by atoms with Crippen molar-refractivity contribution in [2.45, 2.75) is 168 Å². The minimum absolute atomic E-state index is 0.0199. The van der Waals surface area contributed by atoms with Gasteiger partial charge in [-0.1, -0.05) is 120 Å². The number of rotatable bonds is 18. The number of hydrogen-bond donors (Lipinski definition) is 6. The highest BCUT2D eigenvalue weighted by atomic mass is 19.1. The lowest BCUT2D eigenvalue weighted by molar-refractivity contribution is -0.152. The number of carbonyl (C=O) groups excluding carboxylic acids is 7. The van der Waals surface area contributed by atoms with Crippen LogP contribution < -0.4 is 31.9 Å². The molecule has 7 rings (SSSR count). The summed E-state index contributed by atoms with van der Waals surface area (Å²) in [6.45, 7) is 16.6. The second-order valence-corrected chi connectivity index (χ2v) is 24.0. The number of amides is 7. The first kappa shape index (κ1) is 59.7. The van der Waals surface area contributed by atoms with Crippen LogP contribution in [0, 0.1) is 16.6 Å². The highest BCUT2D eigenvalue weighted by Gasteiger charge is 2.47. The molecule has 0 saturated carbocycles. The fraction of sp³-hybridized carbons (Fsp3) is 0.500. The summed E-state index contributed by atoms with van der Waals surface area (Å²) < 4.78 is 15.3. The molecular weight excluding hydrogens is 1000 g/mol. The Morgan fingerprint density at radius 3 is 1.82 bits per heavy atom. The van der Waals surface area contributed by atoms with Crippen molar-refractivity contribution >= 4 is 41.4 Å². The summed E-state index contributed by atoms with van der Waals surface area (Å²) in [7, 11) is 3.32. The summed E-state index contributed by atoms with van der Waals surface area (Å²) in [5, 5.41) is 18.1. The van der Waals surface area contributed by atoms with Gasteiger partial charge in [0.25, 0.3) is 5.91 Å². The van der Waals surface area contributed by atoms with E-state index in [1.165, 1.54) is 16.5 Å². The zero-order valence-electron chi connectivity index (χ0n) is 47.9. The average molecular weight is 1080 g/mol. The molecule has 17 heteroatoms. The third-order valence-corrected chi connectivity index (χ3v) is 16.0. The van der Waals surface area contributed by atoms with Crippen LogP contribution in [0.3, 0.4) is 0 Å². The number of likely N-dealkylation sites (N-methyl/N-ethyl adjacent to an activating group) is 2. The lowest BCUT2D eigenvalue weighted by Gasteiger charge is -2.43. The summed E-state index contributed by atoms with van der Waals surface area (Å²) in [5.74, 6) is -3.08. The number of carbonyl (C=O) groups is 7. The second-order valence-electron chi connectivity index (χ2n) is 24.0. The Hall–Kier alpha value is -6.98. The van der Waals surface area contributed by atoms with Gasteiger partial charge in [0.2, 0.25) is 35.4 Å². The smallest absolute Gasteiger partial charge is 0.251 e. The quantitative estimate of drug-likeness (QED) is 0.0701. The molecule has 4 aromatic rings. The van der Waals surface area contributed by atoms with E-state index in [-0.39, 0.29) is 68.6 Å². The Kier molecular flexibility index (Phi) is 19.2. The Morgan fingerprint density at radius 2 is 1.23 bits per heavy atom. The van der Waals surface area contributed by atoms with Gasteiger partial charge in [0.05, 0.1) is 18.1 Å². The first-order valence-corrected chi connectivity index (χ1v) is 27.8. The minimum atomic E-state index is -0.984. The fourth-order valence-corrected chi connectivity index (χ4v) is 11.0. The predicted octanol–water partition coefficient (Wildman–Crippen LogP) is 5.91. The molecule has 1 aliphatic carbocycles. The maximum absolute atomic E-state index is 15.5. The van der Waals surface area contributed by atoms with Crippen LogP contribution in [0.4, 0.5) is 4.39 Å². The van der Waals surface area contributed by atoms with E-state index < -0.39 is 82.7 Å². The van der Waals surface area contributed by atoms with E-state index >= 15 is 9.18 Å². The standard InChI is InChI=1S/C62H82FN9O7/c1-37(31-44-21-15-17-25-48(44)63)70(58(77)51-32-43-20-12-13-22-45(43)35-71(51)59(78)52(61(4,5)6)68-54(73)38(2)64-10)34-40-27-29-42(30-28-40)56(75)66-46-33-50(57(76)67-49-26-18-23-41-19-14-16-24-47(41)49)72(36-46)60(79)53(62(7,8)9)69-55(74)39(3)65-11/h12-17,19-22,24-25,27-30,37-39,46,49-53,64-65H,18,23,26,31-36H2,1-11H3,(H,66,75)(H,67,76)(H,68,73)(H,69,74)/t37-,38+,39+,46+,49-,50+,51+,52-,53-/m1/s1. The number of aryl methyl sites for hydroxylation is 1. The van der Waals surface area contributed by atoms with E-state index in [1.807, 2.05) is 90.9 Å². The average Bonchev–Trinajstić information content (AvgIpc) is 3.91. The molecule has 0 spiro atoms. The first-order valence-electron chi connectivity index (χ1n) is 27.8. The Bertz CT molecular complexity index is 2860. The van der Waals surface area contributed by atoms with Gasteiger partial charge in [0.15, 0.2) is 0 Å². The summed E-state index contributed by atoms with van der Waals surface area (Å²) in [5.41, 5.74) is 3.94. The number of fused-ring (bicyclic) bond motifs is 2. The zero-order chi connectivity index (χ0) is 57.5. The minimum Gasteiger partial charge on any atom is -0.347 e.